The summed E-state index contributed by atoms with van der Waals surface area (Å²) in [4.78, 5) is 8.06. The van der Waals surface area contributed by atoms with E-state index in [1.807, 2.05) is 6.92 Å². The molecule has 0 aromatic heterocycles. The van der Waals surface area contributed by atoms with E-state index in [2.05, 4.69) is 9.69 Å². The average Bonchev–Trinajstić information content (AvgIpc) is 2.47. The van der Waals surface area contributed by atoms with Crippen LogP contribution in [0.1, 0.15) is 11.1 Å². The summed E-state index contributed by atoms with van der Waals surface area (Å²) < 4.78 is 12.6. The summed E-state index contributed by atoms with van der Waals surface area (Å²) in [7, 11) is -1.38. The van der Waals surface area contributed by atoms with Crippen LogP contribution in [0.4, 0.5) is 11.4 Å². The minimum atomic E-state index is -1.38. The molecule has 0 N–H and O–H groups in total. The highest BCUT2D eigenvalue weighted by atomic mass is 32.2. The topological polar surface area (TPSA) is 25.8 Å². The van der Waals surface area contributed by atoms with Gasteiger partial charge < -0.3 is 0 Å². The Hall–Kier alpha value is -2.43. The molecule has 0 saturated carbocycles. The third-order valence-corrected chi connectivity index (χ3v) is 4.61. The van der Waals surface area contributed by atoms with Crippen LogP contribution in [0, 0.1) is 27.0 Å². The van der Waals surface area contributed by atoms with Crippen molar-refractivity contribution in [2.45, 2.75) is 23.6 Å². The van der Waals surface area contributed by atoms with Gasteiger partial charge in [-0.25, -0.2) is 13.9 Å². The molecule has 0 aliphatic carbocycles. The van der Waals surface area contributed by atoms with E-state index in [9.17, 15) is 4.21 Å². The Balaban J connectivity index is 2.53. The molecule has 20 heavy (non-hydrogen) atoms. The minimum Gasteiger partial charge on any atom is -0.249 e. The number of hydrogen-bond donors (Lipinski definition) is 0. The monoisotopic (exact) mass is 280 g/mol. The highest BCUT2D eigenvalue weighted by Gasteiger charge is 2.13. The zero-order valence-corrected chi connectivity index (χ0v) is 12.0. The number of rotatable bonds is 2. The van der Waals surface area contributed by atoms with E-state index in [0.717, 1.165) is 11.1 Å². The molecule has 1 atom stereocenters. The van der Waals surface area contributed by atoms with Gasteiger partial charge in [0.1, 0.15) is 0 Å². The summed E-state index contributed by atoms with van der Waals surface area (Å²) in [6.07, 6.45) is 0. The summed E-state index contributed by atoms with van der Waals surface area (Å²) in [5, 5.41) is 0. The van der Waals surface area contributed by atoms with Crippen LogP contribution in [0.15, 0.2) is 46.2 Å². The fourth-order valence-electron chi connectivity index (χ4n) is 1.88. The molecule has 0 aliphatic rings. The van der Waals surface area contributed by atoms with Crippen molar-refractivity contribution in [3.05, 3.63) is 70.4 Å². The predicted octanol–water partition coefficient (Wildman–Crippen LogP) is 4.57. The molecule has 98 valence electrons. The van der Waals surface area contributed by atoms with Crippen molar-refractivity contribution in [1.82, 2.24) is 0 Å². The van der Waals surface area contributed by atoms with Gasteiger partial charge in [-0.1, -0.05) is 18.2 Å². The SMILES string of the molecule is [C-]#[N+]c1cc(S(=O)c2cccc([N+]#[C-])c2C)ccc1C. The van der Waals surface area contributed by atoms with Crippen molar-refractivity contribution in [1.29, 1.82) is 0 Å². The van der Waals surface area contributed by atoms with Gasteiger partial charge in [0.05, 0.1) is 23.9 Å². The lowest BCUT2D eigenvalue weighted by Crippen LogP contribution is -1.96. The second kappa shape index (κ2) is 5.69. The molecule has 0 aliphatic heterocycles. The number of nitrogens with zero attached hydrogens (tertiary/aromatic N) is 2. The molecule has 0 saturated heterocycles. The molecule has 1 unspecified atom stereocenters. The van der Waals surface area contributed by atoms with E-state index < -0.39 is 10.8 Å². The van der Waals surface area contributed by atoms with Gasteiger partial charge in [0, 0.05) is 9.79 Å². The van der Waals surface area contributed by atoms with Crippen molar-refractivity contribution >= 4 is 22.2 Å². The molecule has 2 rings (SSSR count). The highest BCUT2D eigenvalue weighted by Crippen LogP contribution is 2.29. The molecule has 2 aromatic rings. The first kappa shape index (κ1) is 14.0. The van der Waals surface area contributed by atoms with Crippen LogP contribution < -0.4 is 0 Å². The maximum atomic E-state index is 12.6. The lowest BCUT2D eigenvalue weighted by molar-refractivity contribution is 0.682. The normalized spacial score (nSPS) is 11.4. The van der Waals surface area contributed by atoms with Gasteiger partial charge in [-0.3, -0.25) is 0 Å². The largest absolute Gasteiger partial charge is 0.249 e. The second-order valence-corrected chi connectivity index (χ2v) is 5.79. The molecule has 0 heterocycles. The first-order valence-electron chi connectivity index (χ1n) is 5.95. The quantitative estimate of drug-likeness (QED) is 0.740. The van der Waals surface area contributed by atoms with E-state index in [0.29, 0.717) is 21.2 Å². The molecule has 0 amide bonds. The molecule has 2 aromatic carbocycles. The summed E-state index contributed by atoms with van der Waals surface area (Å²) in [5.41, 5.74) is 2.61. The van der Waals surface area contributed by atoms with E-state index >= 15 is 0 Å². The Morgan fingerprint density at radius 3 is 2.35 bits per heavy atom. The molecular formula is C16H12N2OS. The van der Waals surface area contributed by atoms with Gasteiger partial charge in [0.15, 0.2) is 11.4 Å². The van der Waals surface area contributed by atoms with Crippen LogP contribution in [0.25, 0.3) is 9.69 Å². The first-order chi connectivity index (χ1) is 9.58. The van der Waals surface area contributed by atoms with Gasteiger partial charge in [-0.2, -0.15) is 0 Å². The van der Waals surface area contributed by atoms with E-state index in [4.69, 9.17) is 13.1 Å². The van der Waals surface area contributed by atoms with Gasteiger partial charge in [0.25, 0.3) is 0 Å². The van der Waals surface area contributed by atoms with Gasteiger partial charge in [-0.05, 0) is 43.2 Å². The van der Waals surface area contributed by atoms with Crippen LogP contribution in [0.2, 0.25) is 0 Å². The van der Waals surface area contributed by atoms with Crippen molar-refractivity contribution in [3.8, 4) is 0 Å². The van der Waals surface area contributed by atoms with Crippen LogP contribution >= 0.6 is 0 Å². The summed E-state index contributed by atoms with van der Waals surface area (Å²) >= 11 is 0. The van der Waals surface area contributed by atoms with E-state index in [1.165, 1.54) is 0 Å². The molecule has 0 spiro atoms. The Morgan fingerprint density at radius 1 is 1.00 bits per heavy atom. The maximum absolute atomic E-state index is 12.6. The van der Waals surface area contributed by atoms with Crippen molar-refractivity contribution < 1.29 is 4.21 Å². The Labute approximate surface area is 121 Å². The van der Waals surface area contributed by atoms with Crippen molar-refractivity contribution in [3.63, 3.8) is 0 Å². The van der Waals surface area contributed by atoms with Gasteiger partial charge in [-0.15, -0.1) is 0 Å². The first-order valence-corrected chi connectivity index (χ1v) is 7.10. The lowest BCUT2D eigenvalue weighted by Gasteiger charge is -2.08. The number of benzene rings is 2. The number of aryl methyl sites for hydroxylation is 1. The van der Waals surface area contributed by atoms with Gasteiger partial charge in [0.2, 0.25) is 0 Å². The molecule has 0 fully saturated rings. The van der Waals surface area contributed by atoms with Crippen molar-refractivity contribution in [2.24, 2.45) is 0 Å². The summed E-state index contributed by atoms with van der Waals surface area (Å²) in [5.74, 6) is 0. The zero-order valence-electron chi connectivity index (χ0n) is 11.2. The summed E-state index contributed by atoms with van der Waals surface area (Å²) in [6.45, 7) is 17.9. The Bertz CT molecular complexity index is 782. The van der Waals surface area contributed by atoms with Gasteiger partial charge >= 0.3 is 0 Å². The Morgan fingerprint density at radius 2 is 1.70 bits per heavy atom. The smallest absolute Gasteiger partial charge is 0.191 e. The fraction of sp³-hybridized carbons (Fsp3) is 0.125. The standard InChI is InChI=1S/C16H12N2OS/c1-11-8-9-13(10-15(11)18-4)20(19)16-7-5-6-14(17-3)12(16)2/h5-10H,1-2H3. The number of hydrogen-bond acceptors (Lipinski definition) is 1. The van der Waals surface area contributed by atoms with Crippen molar-refractivity contribution in [2.75, 3.05) is 0 Å². The Kier molecular flexibility index (Phi) is 3.98. The van der Waals surface area contributed by atoms with E-state index in [1.54, 1.807) is 43.3 Å². The molecule has 0 radical (unpaired) electrons. The lowest BCUT2D eigenvalue weighted by atomic mass is 10.2. The third-order valence-electron chi connectivity index (χ3n) is 3.09. The van der Waals surface area contributed by atoms with Crippen LogP contribution in [0.5, 0.6) is 0 Å². The minimum absolute atomic E-state index is 0.508. The zero-order chi connectivity index (χ0) is 14.7. The summed E-state index contributed by atoms with van der Waals surface area (Å²) in [6, 6.07) is 10.4. The predicted molar refractivity (Wildman–Crippen MR) is 79.6 cm³/mol. The highest BCUT2D eigenvalue weighted by molar-refractivity contribution is 7.85. The van der Waals surface area contributed by atoms with E-state index in [-0.39, 0.29) is 0 Å². The average molecular weight is 280 g/mol. The molecule has 4 heteroatoms. The molecule has 3 nitrogen and oxygen atoms in total. The van der Waals surface area contributed by atoms with Crippen LogP contribution in [0.3, 0.4) is 0 Å². The molecular weight excluding hydrogens is 268 g/mol. The second-order valence-electron chi connectivity index (χ2n) is 4.34. The van der Waals surface area contributed by atoms with Crippen LogP contribution in [-0.2, 0) is 10.8 Å². The molecule has 0 bridgehead atoms. The fourth-order valence-corrected chi connectivity index (χ4v) is 3.13. The third kappa shape index (κ3) is 2.47. The van der Waals surface area contributed by atoms with Crippen LogP contribution in [-0.4, -0.2) is 4.21 Å². The maximum Gasteiger partial charge on any atom is 0.191 e.